The molecule has 1 atom stereocenters. The van der Waals surface area contributed by atoms with Gasteiger partial charge < -0.3 is 4.74 Å². The maximum atomic E-state index is 13.4. The molecule has 0 radical (unpaired) electrons. The lowest BCUT2D eigenvalue weighted by Gasteiger charge is -2.04. The molecule has 38 heavy (non-hydrogen) atoms. The second-order valence-corrected chi connectivity index (χ2v) is 10.6. The highest BCUT2D eigenvalue weighted by Gasteiger charge is 2.21. The van der Waals surface area contributed by atoms with E-state index in [1.54, 1.807) is 0 Å². The molecule has 7 rings (SSSR count). The van der Waals surface area contributed by atoms with E-state index in [2.05, 4.69) is 23.1 Å². The molecule has 8 heteroatoms. The maximum absolute atomic E-state index is 13.4. The van der Waals surface area contributed by atoms with Crippen molar-refractivity contribution in [2.45, 2.75) is 26.4 Å². The highest BCUT2D eigenvalue weighted by Crippen LogP contribution is 2.34. The largest absolute Gasteiger partial charge is 0.490 e. The van der Waals surface area contributed by atoms with E-state index in [-0.39, 0.29) is 11.7 Å². The third-order valence-electron chi connectivity index (χ3n) is 6.68. The Kier molecular flexibility index (Phi) is 5.23. The van der Waals surface area contributed by atoms with Crippen LogP contribution in [-0.2, 0) is 6.42 Å². The van der Waals surface area contributed by atoms with Crippen molar-refractivity contribution in [1.82, 2.24) is 24.4 Å². The zero-order valence-corrected chi connectivity index (χ0v) is 21.6. The molecule has 1 aliphatic heterocycles. The van der Waals surface area contributed by atoms with Gasteiger partial charge in [-0.05, 0) is 61.9 Å². The molecule has 1 aliphatic rings. The van der Waals surface area contributed by atoms with E-state index in [9.17, 15) is 4.79 Å². The SMILES string of the molecule is Cc1cccc(-c2nc3s/c(=C\c4cn(-c5ccccc5)nc4-c4ccc5c(c4)C[C@@H](C)O5)c(=O)n3n2)c1. The molecule has 186 valence electrons. The van der Waals surface area contributed by atoms with Crippen LogP contribution in [0.15, 0.2) is 83.8 Å². The summed E-state index contributed by atoms with van der Waals surface area (Å²) in [5.41, 5.74) is 6.57. The number of ether oxygens (including phenoxy) is 1. The number of hydrogen-bond acceptors (Lipinski definition) is 6. The lowest BCUT2D eigenvalue weighted by Crippen LogP contribution is -2.23. The van der Waals surface area contributed by atoms with Crippen molar-refractivity contribution in [3.63, 3.8) is 0 Å². The standard InChI is InChI=1S/C30H23N5O2S/c1-18-7-6-8-21(13-18)28-31-30-35(33-28)29(36)26(38-30)16-23-17-34(24-9-4-3-5-10-24)32-27(23)20-11-12-25-22(15-20)14-19(2)37-25/h3-13,15-17,19H,14H2,1-2H3/b26-16-/t19-/m1/s1. The summed E-state index contributed by atoms with van der Waals surface area (Å²) in [6, 6.07) is 24.1. The number of aryl methyl sites for hydroxylation is 1. The van der Waals surface area contributed by atoms with E-state index in [1.165, 1.54) is 21.4 Å². The Balaban J connectivity index is 1.36. The van der Waals surface area contributed by atoms with Gasteiger partial charge in [0.05, 0.1) is 10.2 Å². The van der Waals surface area contributed by atoms with E-state index >= 15 is 0 Å². The summed E-state index contributed by atoms with van der Waals surface area (Å²) in [6.07, 6.45) is 4.88. The van der Waals surface area contributed by atoms with Crippen LogP contribution in [0.25, 0.3) is 39.4 Å². The van der Waals surface area contributed by atoms with Crippen LogP contribution in [0.3, 0.4) is 0 Å². The molecule has 7 nitrogen and oxygen atoms in total. The normalized spacial score (nSPS) is 15.2. The number of hydrogen-bond donors (Lipinski definition) is 0. The molecule has 0 unspecified atom stereocenters. The van der Waals surface area contributed by atoms with Gasteiger partial charge in [0.1, 0.15) is 17.5 Å². The molecular weight excluding hydrogens is 494 g/mol. The second kappa shape index (κ2) is 8.78. The van der Waals surface area contributed by atoms with Gasteiger partial charge in [0, 0.05) is 29.3 Å². The molecule has 0 fully saturated rings. The number of nitrogens with zero attached hydrogens (tertiary/aromatic N) is 5. The Morgan fingerprint density at radius 1 is 1.00 bits per heavy atom. The molecule has 0 saturated carbocycles. The first-order chi connectivity index (χ1) is 18.5. The van der Waals surface area contributed by atoms with Gasteiger partial charge in [-0.1, -0.05) is 53.3 Å². The van der Waals surface area contributed by atoms with Crippen molar-refractivity contribution >= 4 is 22.4 Å². The fourth-order valence-corrected chi connectivity index (χ4v) is 5.78. The minimum Gasteiger partial charge on any atom is -0.490 e. The van der Waals surface area contributed by atoms with Crippen LogP contribution < -0.4 is 14.8 Å². The Morgan fingerprint density at radius 3 is 2.68 bits per heavy atom. The Bertz CT molecular complexity index is 1940. The number of benzene rings is 3. The summed E-state index contributed by atoms with van der Waals surface area (Å²) in [5.74, 6) is 1.47. The number of thiazole rings is 1. The van der Waals surface area contributed by atoms with Gasteiger partial charge in [-0.25, -0.2) is 4.68 Å². The quantitative estimate of drug-likeness (QED) is 0.334. The predicted molar refractivity (Wildman–Crippen MR) is 149 cm³/mol. The lowest BCUT2D eigenvalue weighted by molar-refractivity contribution is 0.254. The summed E-state index contributed by atoms with van der Waals surface area (Å²) in [7, 11) is 0. The number of para-hydroxylation sites is 1. The fourth-order valence-electron chi connectivity index (χ4n) is 4.88. The van der Waals surface area contributed by atoms with E-state index in [0.717, 1.165) is 45.8 Å². The molecule has 0 amide bonds. The van der Waals surface area contributed by atoms with Crippen LogP contribution in [0.4, 0.5) is 0 Å². The van der Waals surface area contributed by atoms with Crippen molar-refractivity contribution < 1.29 is 4.74 Å². The molecule has 3 aromatic carbocycles. The summed E-state index contributed by atoms with van der Waals surface area (Å²) >= 11 is 1.33. The number of fused-ring (bicyclic) bond motifs is 2. The second-order valence-electron chi connectivity index (χ2n) is 9.58. The Morgan fingerprint density at radius 2 is 1.87 bits per heavy atom. The minimum atomic E-state index is -0.189. The topological polar surface area (TPSA) is 74.3 Å². The molecule has 3 aromatic heterocycles. The van der Waals surface area contributed by atoms with Crippen molar-refractivity contribution in [3.8, 4) is 34.1 Å². The van der Waals surface area contributed by atoms with E-state index in [4.69, 9.17) is 9.84 Å². The van der Waals surface area contributed by atoms with E-state index in [1.807, 2.05) is 90.6 Å². The van der Waals surface area contributed by atoms with Gasteiger partial charge in [-0.2, -0.15) is 14.6 Å². The molecule has 4 heterocycles. The summed E-state index contributed by atoms with van der Waals surface area (Å²) in [5, 5.41) is 9.45. The summed E-state index contributed by atoms with van der Waals surface area (Å²) < 4.78 is 9.70. The van der Waals surface area contributed by atoms with Crippen LogP contribution in [0, 0.1) is 6.92 Å². The molecule has 0 saturated heterocycles. The van der Waals surface area contributed by atoms with Crippen molar-refractivity contribution in [2.24, 2.45) is 0 Å². The van der Waals surface area contributed by atoms with Crippen LogP contribution in [0.5, 0.6) is 5.75 Å². The van der Waals surface area contributed by atoms with Crippen LogP contribution in [0.2, 0.25) is 0 Å². The zero-order valence-electron chi connectivity index (χ0n) is 20.8. The van der Waals surface area contributed by atoms with E-state index in [0.29, 0.717) is 15.3 Å². The summed E-state index contributed by atoms with van der Waals surface area (Å²) in [4.78, 5) is 18.6. The molecular formula is C30H23N5O2S. The summed E-state index contributed by atoms with van der Waals surface area (Å²) in [6.45, 7) is 4.10. The van der Waals surface area contributed by atoms with Gasteiger partial charge in [0.25, 0.3) is 5.56 Å². The Labute approximate surface area is 222 Å². The minimum absolute atomic E-state index is 0.163. The lowest BCUT2D eigenvalue weighted by atomic mass is 10.0. The average Bonchev–Trinajstić information content (AvgIpc) is 3.68. The number of aromatic nitrogens is 5. The monoisotopic (exact) mass is 517 g/mol. The average molecular weight is 518 g/mol. The first-order valence-electron chi connectivity index (χ1n) is 12.5. The Hall–Kier alpha value is -4.56. The number of rotatable bonds is 4. The molecule has 0 N–H and O–H groups in total. The predicted octanol–water partition coefficient (Wildman–Crippen LogP) is 4.85. The van der Waals surface area contributed by atoms with Gasteiger partial charge >= 0.3 is 0 Å². The molecule has 0 aliphatic carbocycles. The van der Waals surface area contributed by atoms with Crippen LogP contribution in [0.1, 0.15) is 23.6 Å². The molecule has 0 spiro atoms. The van der Waals surface area contributed by atoms with Crippen LogP contribution in [-0.4, -0.2) is 30.5 Å². The maximum Gasteiger partial charge on any atom is 0.291 e. The molecule has 6 aromatic rings. The van der Waals surface area contributed by atoms with Crippen LogP contribution >= 0.6 is 11.3 Å². The van der Waals surface area contributed by atoms with Crippen molar-refractivity contribution in [2.75, 3.05) is 0 Å². The first-order valence-corrected chi connectivity index (χ1v) is 13.3. The third-order valence-corrected chi connectivity index (χ3v) is 7.64. The molecule has 0 bridgehead atoms. The van der Waals surface area contributed by atoms with Crippen molar-refractivity contribution in [1.29, 1.82) is 0 Å². The van der Waals surface area contributed by atoms with Gasteiger partial charge in [0.2, 0.25) is 4.96 Å². The van der Waals surface area contributed by atoms with Gasteiger partial charge in [-0.3, -0.25) is 4.79 Å². The zero-order chi connectivity index (χ0) is 25.8. The highest BCUT2D eigenvalue weighted by molar-refractivity contribution is 7.15. The highest BCUT2D eigenvalue weighted by atomic mass is 32.1. The van der Waals surface area contributed by atoms with Gasteiger partial charge in [-0.15, -0.1) is 5.10 Å². The fraction of sp³-hybridized carbons (Fsp3) is 0.133. The van der Waals surface area contributed by atoms with Gasteiger partial charge in [0.15, 0.2) is 5.82 Å². The first kappa shape index (κ1) is 22.6. The third kappa shape index (κ3) is 3.90. The van der Waals surface area contributed by atoms with E-state index < -0.39 is 0 Å². The smallest absolute Gasteiger partial charge is 0.291 e. The van der Waals surface area contributed by atoms with Crippen molar-refractivity contribution in [3.05, 3.63) is 111 Å².